The molecule has 3 aromatic rings. The van der Waals surface area contributed by atoms with Crippen LogP contribution in [0.2, 0.25) is 0 Å². The third kappa shape index (κ3) is 4.49. The number of thioether (sulfide) groups is 1. The zero-order valence-corrected chi connectivity index (χ0v) is 20.4. The van der Waals surface area contributed by atoms with E-state index in [1.54, 1.807) is 11.5 Å². The number of ether oxygens (including phenoxy) is 1. The molecule has 0 unspecified atom stereocenters. The van der Waals surface area contributed by atoms with Gasteiger partial charge in [0.2, 0.25) is 0 Å². The van der Waals surface area contributed by atoms with Crippen LogP contribution in [0.5, 0.6) is 0 Å². The predicted molar refractivity (Wildman–Crippen MR) is 127 cm³/mol. The summed E-state index contributed by atoms with van der Waals surface area (Å²) in [7, 11) is 0. The number of nitrogens with zero attached hydrogens (tertiary/aromatic N) is 3. The van der Waals surface area contributed by atoms with E-state index in [2.05, 4.69) is 13.0 Å². The lowest BCUT2D eigenvalue weighted by Crippen LogP contribution is -2.23. The maximum absolute atomic E-state index is 13.3. The number of aromatic nitrogens is 2. The molecule has 0 aliphatic carbocycles. The molecule has 0 aliphatic rings. The molecule has 3 heterocycles. The molecule has 0 radical (unpaired) electrons. The Hall–Kier alpha value is -2.35. The number of fused-ring (bicyclic) bond motifs is 1. The second-order valence-corrected chi connectivity index (χ2v) is 10.1. The predicted octanol–water partition coefficient (Wildman–Crippen LogP) is 4.86. The van der Waals surface area contributed by atoms with Crippen molar-refractivity contribution >= 4 is 55.6 Å². The fourth-order valence-corrected chi connectivity index (χ4v) is 6.32. The first kappa shape index (κ1) is 23.3. The number of aryl methyl sites for hydroxylation is 2. The number of nitrogens with two attached hydrogens (primary N) is 1. The van der Waals surface area contributed by atoms with Crippen molar-refractivity contribution in [2.75, 3.05) is 12.3 Å². The minimum Gasteiger partial charge on any atom is -0.462 e. The summed E-state index contributed by atoms with van der Waals surface area (Å²) in [5.74, 6) is -0.203. The second kappa shape index (κ2) is 9.85. The molecule has 3 rings (SSSR count). The molecular weight excluding hydrogens is 452 g/mol. The van der Waals surface area contributed by atoms with Crippen molar-refractivity contribution in [1.82, 2.24) is 9.55 Å². The van der Waals surface area contributed by atoms with Gasteiger partial charge in [0.25, 0.3) is 5.56 Å². The highest BCUT2D eigenvalue weighted by molar-refractivity contribution is 7.98. The summed E-state index contributed by atoms with van der Waals surface area (Å²) in [6, 6.07) is 2.10. The Morgan fingerprint density at radius 1 is 1.32 bits per heavy atom. The van der Waals surface area contributed by atoms with Crippen molar-refractivity contribution in [2.45, 2.75) is 58.0 Å². The van der Waals surface area contributed by atoms with E-state index in [-0.39, 0.29) is 28.5 Å². The molecule has 0 bridgehead atoms. The van der Waals surface area contributed by atoms with E-state index < -0.39 is 5.97 Å². The first-order valence-electron chi connectivity index (χ1n) is 9.95. The molecule has 10 heteroatoms. The molecule has 0 saturated carbocycles. The van der Waals surface area contributed by atoms with Gasteiger partial charge in [0.1, 0.15) is 20.8 Å². The van der Waals surface area contributed by atoms with E-state index in [4.69, 9.17) is 15.5 Å². The summed E-state index contributed by atoms with van der Waals surface area (Å²) in [6.45, 7) is 8.54. The number of carbonyl (C=O) groups excluding carboxylic acids is 1. The quantitative estimate of drug-likeness (QED) is 0.281. The van der Waals surface area contributed by atoms with Crippen molar-refractivity contribution in [3.63, 3.8) is 0 Å². The Labute approximate surface area is 192 Å². The highest BCUT2D eigenvalue weighted by Gasteiger charge is 2.24. The Morgan fingerprint density at radius 3 is 2.71 bits per heavy atom. The maximum Gasteiger partial charge on any atom is 0.348 e. The van der Waals surface area contributed by atoms with Crippen molar-refractivity contribution in [1.29, 1.82) is 5.26 Å². The second-order valence-electron chi connectivity index (χ2n) is 6.94. The summed E-state index contributed by atoms with van der Waals surface area (Å²) in [5.41, 5.74) is 7.72. The minimum absolute atomic E-state index is 0.0428. The van der Waals surface area contributed by atoms with Gasteiger partial charge in [-0.05, 0) is 32.8 Å². The molecule has 0 amide bonds. The molecule has 0 aromatic carbocycles. The molecule has 31 heavy (non-hydrogen) atoms. The number of thiophene rings is 2. The highest BCUT2D eigenvalue weighted by Crippen LogP contribution is 2.36. The van der Waals surface area contributed by atoms with Crippen molar-refractivity contribution < 1.29 is 9.53 Å². The molecule has 0 spiro atoms. The average Bonchev–Trinajstić information content (AvgIpc) is 3.21. The van der Waals surface area contributed by atoms with Crippen LogP contribution in [0.1, 0.15) is 57.9 Å². The number of rotatable bonds is 8. The number of unbranched alkanes of at least 4 members (excludes halogenated alkanes) is 1. The standard InChI is InChI=1S/C21H24N4O3S3/c1-5-7-8-25-19(26)15-11(3)12(4)30-18(15)24-21(25)29-10-14-13(9-22)17(23)31-16(14)20(27)28-6-2/h5-8,10,23H2,1-4H3. The van der Waals surface area contributed by atoms with Gasteiger partial charge < -0.3 is 10.5 Å². The van der Waals surface area contributed by atoms with Gasteiger partial charge in [-0.25, -0.2) is 9.78 Å². The van der Waals surface area contributed by atoms with E-state index in [0.29, 0.717) is 32.4 Å². The number of nitriles is 1. The molecule has 164 valence electrons. The number of hydrogen-bond donors (Lipinski definition) is 1. The van der Waals surface area contributed by atoms with E-state index in [9.17, 15) is 14.9 Å². The molecule has 0 saturated heterocycles. The number of esters is 1. The highest BCUT2D eigenvalue weighted by atomic mass is 32.2. The molecule has 2 N–H and O–H groups in total. The molecule has 0 atom stereocenters. The van der Waals surface area contributed by atoms with Gasteiger partial charge >= 0.3 is 5.97 Å². The number of carbonyl (C=O) groups is 1. The van der Waals surface area contributed by atoms with Gasteiger partial charge in [0.15, 0.2) is 5.16 Å². The van der Waals surface area contributed by atoms with E-state index >= 15 is 0 Å². The fourth-order valence-electron chi connectivity index (χ4n) is 3.18. The normalized spacial score (nSPS) is 11.1. The van der Waals surface area contributed by atoms with Crippen LogP contribution in [-0.2, 0) is 17.0 Å². The first-order valence-corrected chi connectivity index (χ1v) is 12.6. The molecule has 7 nitrogen and oxygen atoms in total. The lowest BCUT2D eigenvalue weighted by Gasteiger charge is -2.12. The van der Waals surface area contributed by atoms with Crippen LogP contribution < -0.4 is 11.3 Å². The summed E-state index contributed by atoms with van der Waals surface area (Å²) in [4.78, 5) is 32.5. The topological polar surface area (TPSA) is 111 Å². The van der Waals surface area contributed by atoms with Gasteiger partial charge in [0.05, 0.1) is 17.6 Å². The largest absolute Gasteiger partial charge is 0.462 e. The zero-order valence-electron chi connectivity index (χ0n) is 17.9. The van der Waals surface area contributed by atoms with Crippen molar-refractivity contribution in [3.8, 4) is 6.07 Å². The van der Waals surface area contributed by atoms with Crippen LogP contribution in [0.4, 0.5) is 5.00 Å². The van der Waals surface area contributed by atoms with Gasteiger partial charge in [-0.1, -0.05) is 25.1 Å². The van der Waals surface area contributed by atoms with Crippen LogP contribution in [0.3, 0.4) is 0 Å². The van der Waals surface area contributed by atoms with Gasteiger partial charge in [-0.2, -0.15) is 5.26 Å². The zero-order chi connectivity index (χ0) is 22.7. The minimum atomic E-state index is -0.493. The summed E-state index contributed by atoms with van der Waals surface area (Å²) in [5, 5.41) is 11.1. The van der Waals surface area contributed by atoms with E-state index in [1.165, 1.54) is 23.1 Å². The lowest BCUT2D eigenvalue weighted by atomic mass is 10.2. The number of anilines is 1. The Bertz CT molecular complexity index is 1230. The average molecular weight is 477 g/mol. The van der Waals surface area contributed by atoms with Crippen LogP contribution in [0.15, 0.2) is 9.95 Å². The Morgan fingerprint density at radius 2 is 2.06 bits per heavy atom. The SMILES string of the molecule is CCCCn1c(SCc2c(C(=O)OCC)sc(N)c2C#N)nc2sc(C)c(C)c2c1=O. The van der Waals surface area contributed by atoms with Crippen molar-refractivity contribution in [3.05, 3.63) is 36.8 Å². The van der Waals surface area contributed by atoms with Gasteiger partial charge in [0, 0.05) is 22.7 Å². The summed E-state index contributed by atoms with van der Waals surface area (Å²) in [6.07, 6.45) is 1.80. The summed E-state index contributed by atoms with van der Waals surface area (Å²) >= 11 is 3.90. The van der Waals surface area contributed by atoms with Crippen LogP contribution >= 0.6 is 34.4 Å². The van der Waals surface area contributed by atoms with Crippen molar-refractivity contribution in [2.24, 2.45) is 0 Å². The van der Waals surface area contributed by atoms with Crippen LogP contribution in [-0.4, -0.2) is 22.1 Å². The first-order chi connectivity index (χ1) is 14.8. The third-order valence-corrected chi connectivity index (χ3v) is 8.09. The number of hydrogen-bond acceptors (Lipinski definition) is 9. The van der Waals surface area contributed by atoms with E-state index in [1.807, 2.05) is 13.8 Å². The smallest absolute Gasteiger partial charge is 0.348 e. The monoisotopic (exact) mass is 476 g/mol. The Kier molecular flexibility index (Phi) is 7.41. The molecular formula is C21H24N4O3S3. The molecule has 0 aliphatic heterocycles. The third-order valence-electron chi connectivity index (χ3n) is 4.94. The van der Waals surface area contributed by atoms with Gasteiger partial charge in [-0.3, -0.25) is 9.36 Å². The molecule has 3 aromatic heterocycles. The summed E-state index contributed by atoms with van der Waals surface area (Å²) < 4.78 is 6.84. The van der Waals surface area contributed by atoms with Crippen LogP contribution in [0.25, 0.3) is 10.2 Å². The molecule has 0 fully saturated rings. The lowest BCUT2D eigenvalue weighted by molar-refractivity contribution is 0.0531. The Balaban J connectivity index is 2.06. The maximum atomic E-state index is 13.3. The van der Waals surface area contributed by atoms with Gasteiger partial charge in [-0.15, -0.1) is 22.7 Å². The fraction of sp³-hybridized carbons (Fsp3) is 0.429. The van der Waals surface area contributed by atoms with E-state index in [0.717, 1.165) is 34.6 Å². The van der Waals surface area contributed by atoms with Crippen LogP contribution in [0, 0.1) is 25.2 Å². The number of nitrogen functional groups attached to an aromatic ring is 1.